The van der Waals surface area contributed by atoms with Gasteiger partial charge in [-0.25, -0.2) is 4.90 Å². The molecule has 0 aromatic rings. The van der Waals surface area contributed by atoms with Gasteiger partial charge in [0.25, 0.3) is 0 Å². The van der Waals surface area contributed by atoms with Crippen LogP contribution in [0.25, 0.3) is 0 Å². The Balaban J connectivity index is 2.59. The number of aliphatic hydroxyl groups is 2. The number of nitrogens with zero attached hydrogens (tertiary/aromatic N) is 1. The third-order valence-corrected chi connectivity index (χ3v) is 3.16. The van der Waals surface area contributed by atoms with Crippen molar-refractivity contribution >= 4 is 0 Å². The minimum atomic E-state index is -0.479. The maximum Gasteiger partial charge on any atom is 0.109 e. The molecule has 84 valence electrons. The largest absolute Gasteiger partial charge is 0.378 e. The van der Waals surface area contributed by atoms with Gasteiger partial charge in [0.1, 0.15) is 12.5 Å². The molecule has 3 heteroatoms. The van der Waals surface area contributed by atoms with Crippen molar-refractivity contribution in [3.05, 3.63) is 0 Å². The Hall–Kier alpha value is -0.120. The van der Waals surface area contributed by atoms with Gasteiger partial charge in [0.05, 0.1) is 0 Å². The van der Waals surface area contributed by atoms with Gasteiger partial charge in [-0.05, 0) is 25.7 Å². The highest BCUT2D eigenvalue weighted by Gasteiger charge is 2.30. The fraction of sp³-hybridized carbons (Fsp3) is 1.00. The van der Waals surface area contributed by atoms with Crippen LogP contribution in [0.2, 0.25) is 0 Å². The molecule has 0 aliphatic heterocycles. The van der Waals surface area contributed by atoms with E-state index in [0.717, 1.165) is 12.8 Å². The summed E-state index contributed by atoms with van der Waals surface area (Å²) >= 11 is 0. The van der Waals surface area contributed by atoms with Crippen molar-refractivity contribution in [1.29, 1.82) is 0 Å². The van der Waals surface area contributed by atoms with E-state index in [9.17, 15) is 10.2 Å². The van der Waals surface area contributed by atoms with Crippen molar-refractivity contribution in [2.75, 3.05) is 0 Å². The van der Waals surface area contributed by atoms with Crippen molar-refractivity contribution in [2.24, 2.45) is 0 Å². The Morgan fingerprint density at radius 1 is 1.07 bits per heavy atom. The van der Waals surface area contributed by atoms with Crippen LogP contribution in [0.1, 0.15) is 52.4 Å². The molecule has 1 saturated carbocycles. The van der Waals surface area contributed by atoms with Crippen LogP contribution in [-0.2, 0) is 0 Å². The minimum Gasteiger partial charge on any atom is -0.378 e. The summed E-state index contributed by atoms with van der Waals surface area (Å²) in [7, 11) is 0. The Bertz CT molecular complexity index is 147. The van der Waals surface area contributed by atoms with Crippen molar-refractivity contribution in [1.82, 2.24) is 4.90 Å². The summed E-state index contributed by atoms with van der Waals surface area (Å²) in [5.74, 6) is 0. The normalized spacial score (nSPS) is 22.9. The maximum atomic E-state index is 9.85. The molecular formula is C11H23NO2. The lowest BCUT2D eigenvalue weighted by atomic mass is 10.1. The second kappa shape index (κ2) is 5.69. The summed E-state index contributed by atoms with van der Waals surface area (Å²) in [5.41, 5.74) is 0. The van der Waals surface area contributed by atoms with Crippen molar-refractivity contribution < 1.29 is 10.2 Å². The lowest BCUT2D eigenvalue weighted by Gasteiger charge is -2.36. The van der Waals surface area contributed by atoms with E-state index in [2.05, 4.69) is 0 Å². The molecule has 1 aliphatic rings. The molecule has 2 N–H and O–H groups in total. The van der Waals surface area contributed by atoms with E-state index in [1.165, 1.54) is 12.8 Å². The lowest BCUT2D eigenvalue weighted by Crippen LogP contribution is -2.48. The van der Waals surface area contributed by atoms with Gasteiger partial charge in [-0.3, -0.25) is 0 Å². The zero-order valence-electron chi connectivity index (χ0n) is 9.32. The average Bonchev–Trinajstić information content (AvgIpc) is 2.70. The zero-order valence-corrected chi connectivity index (χ0v) is 9.32. The van der Waals surface area contributed by atoms with Gasteiger partial charge in [-0.15, -0.1) is 0 Å². The van der Waals surface area contributed by atoms with E-state index in [1.807, 2.05) is 18.7 Å². The highest BCUT2D eigenvalue weighted by atomic mass is 16.3. The molecule has 0 heterocycles. The summed E-state index contributed by atoms with van der Waals surface area (Å²) < 4.78 is 0. The Labute approximate surface area is 86.7 Å². The highest BCUT2D eigenvalue weighted by molar-refractivity contribution is 4.80. The van der Waals surface area contributed by atoms with Crippen LogP contribution in [-0.4, -0.2) is 33.6 Å². The highest BCUT2D eigenvalue weighted by Crippen LogP contribution is 2.27. The van der Waals surface area contributed by atoms with E-state index in [1.54, 1.807) is 0 Å². The van der Waals surface area contributed by atoms with Gasteiger partial charge in [-0.1, -0.05) is 26.7 Å². The van der Waals surface area contributed by atoms with Gasteiger partial charge in [0.15, 0.2) is 0 Å². The van der Waals surface area contributed by atoms with Crippen LogP contribution in [0, 0.1) is 0 Å². The molecule has 0 amide bonds. The van der Waals surface area contributed by atoms with E-state index in [0.29, 0.717) is 18.9 Å². The Morgan fingerprint density at radius 3 is 1.86 bits per heavy atom. The van der Waals surface area contributed by atoms with Crippen LogP contribution in [0.15, 0.2) is 0 Å². The van der Waals surface area contributed by atoms with Crippen LogP contribution in [0.3, 0.4) is 0 Å². The molecule has 0 spiro atoms. The molecule has 0 aromatic heterocycles. The molecule has 1 fully saturated rings. The molecule has 2 unspecified atom stereocenters. The zero-order chi connectivity index (χ0) is 10.6. The molecule has 1 rings (SSSR count). The lowest BCUT2D eigenvalue weighted by molar-refractivity contribution is -0.126. The van der Waals surface area contributed by atoms with Gasteiger partial charge in [0, 0.05) is 6.04 Å². The molecule has 3 nitrogen and oxygen atoms in total. The molecule has 0 radical (unpaired) electrons. The van der Waals surface area contributed by atoms with E-state index in [-0.39, 0.29) is 0 Å². The van der Waals surface area contributed by atoms with Crippen molar-refractivity contribution in [3.63, 3.8) is 0 Å². The van der Waals surface area contributed by atoms with Gasteiger partial charge < -0.3 is 10.2 Å². The number of aliphatic hydroxyl groups excluding tert-OH is 2. The van der Waals surface area contributed by atoms with Crippen LogP contribution >= 0.6 is 0 Å². The van der Waals surface area contributed by atoms with E-state index in [4.69, 9.17) is 0 Å². The first-order chi connectivity index (χ1) is 6.70. The molecule has 14 heavy (non-hydrogen) atoms. The molecule has 0 saturated heterocycles. The third kappa shape index (κ3) is 2.69. The predicted molar refractivity (Wildman–Crippen MR) is 56.7 cm³/mol. The predicted octanol–water partition coefficient (Wildman–Crippen LogP) is 1.69. The Morgan fingerprint density at radius 2 is 1.50 bits per heavy atom. The average molecular weight is 201 g/mol. The molecule has 0 aromatic carbocycles. The smallest absolute Gasteiger partial charge is 0.109 e. The van der Waals surface area contributed by atoms with Crippen molar-refractivity contribution in [3.8, 4) is 0 Å². The topological polar surface area (TPSA) is 43.7 Å². The minimum absolute atomic E-state index is 0.389. The Kier molecular flexibility index (Phi) is 4.85. The SMILES string of the molecule is CCC(O)N(C(O)CC)C1CCCC1. The second-order valence-corrected chi connectivity index (χ2v) is 4.16. The molecule has 2 atom stereocenters. The monoisotopic (exact) mass is 201 g/mol. The summed E-state index contributed by atoms with van der Waals surface area (Å²) in [4.78, 5) is 1.90. The van der Waals surface area contributed by atoms with Gasteiger partial charge in [-0.2, -0.15) is 0 Å². The van der Waals surface area contributed by atoms with Gasteiger partial charge in [0.2, 0.25) is 0 Å². The third-order valence-electron chi connectivity index (χ3n) is 3.16. The van der Waals surface area contributed by atoms with Crippen LogP contribution in [0.4, 0.5) is 0 Å². The summed E-state index contributed by atoms with van der Waals surface area (Å²) in [5, 5.41) is 19.7. The van der Waals surface area contributed by atoms with Crippen LogP contribution < -0.4 is 0 Å². The van der Waals surface area contributed by atoms with E-state index >= 15 is 0 Å². The fourth-order valence-electron chi connectivity index (χ4n) is 2.31. The van der Waals surface area contributed by atoms with Crippen molar-refractivity contribution in [2.45, 2.75) is 70.9 Å². The maximum absolute atomic E-state index is 9.85. The van der Waals surface area contributed by atoms with Crippen LogP contribution in [0.5, 0.6) is 0 Å². The summed E-state index contributed by atoms with van der Waals surface area (Å²) in [6.45, 7) is 3.91. The first-order valence-corrected chi connectivity index (χ1v) is 5.84. The molecule has 1 aliphatic carbocycles. The van der Waals surface area contributed by atoms with E-state index < -0.39 is 12.5 Å². The quantitative estimate of drug-likeness (QED) is 0.665. The summed E-state index contributed by atoms with van der Waals surface area (Å²) in [6, 6.07) is 0.389. The first-order valence-electron chi connectivity index (χ1n) is 5.84. The second-order valence-electron chi connectivity index (χ2n) is 4.16. The standard InChI is InChI=1S/C11H23NO2/c1-3-10(13)12(11(14)4-2)9-7-5-6-8-9/h9-11,13-14H,3-8H2,1-2H3. The number of rotatable bonds is 5. The number of hydrogen-bond donors (Lipinski definition) is 2. The first kappa shape index (κ1) is 12.0. The molecular weight excluding hydrogens is 178 g/mol. The molecule has 0 bridgehead atoms. The summed E-state index contributed by atoms with van der Waals surface area (Å²) in [6.07, 6.45) is 5.12. The number of hydrogen-bond acceptors (Lipinski definition) is 3. The van der Waals surface area contributed by atoms with Gasteiger partial charge >= 0.3 is 0 Å². The fourth-order valence-corrected chi connectivity index (χ4v) is 2.31.